The smallest absolute Gasteiger partial charge is 0.287 e. The van der Waals surface area contributed by atoms with Gasteiger partial charge in [-0.25, -0.2) is 13.4 Å². The molecule has 0 bridgehead atoms. The average Bonchev–Trinajstić information content (AvgIpc) is 3.05. The lowest BCUT2D eigenvalue weighted by atomic mass is 10.1. The number of nitro groups is 1. The molecular weight excluding hydrogens is 368 g/mol. The molecule has 7 nitrogen and oxygen atoms in total. The van der Waals surface area contributed by atoms with Gasteiger partial charge in [-0.3, -0.25) is 10.1 Å². The van der Waals surface area contributed by atoms with Crippen LogP contribution in [0.4, 0.5) is 5.69 Å². The highest BCUT2D eigenvalue weighted by molar-refractivity contribution is 7.92. The third-order valence-electron chi connectivity index (χ3n) is 3.84. The van der Waals surface area contributed by atoms with Crippen molar-refractivity contribution in [3.05, 3.63) is 68.7 Å². The Labute approximate surface area is 149 Å². The summed E-state index contributed by atoms with van der Waals surface area (Å²) in [6, 6.07) is 10.4. The summed E-state index contributed by atoms with van der Waals surface area (Å²) in [4.78, 5) is 14.3. The number of nitro benzene ring substituents is 1. The van der Waals surface area contributed by atoms with E-state index in [0.29, 0.717) is 5.56 Å². The maximum absolute atomic E-state index is 12.9. The van der Waals surface area contributed by atoms with E-state index in [2.05, 4.69) is 4.99 Å². The van der Waals surface area contributed by atoms with E-state index in [1.54, 1.807) is 12.1 Å². The van der Waals surface area contributed by atoms with Crippen LogP contribution in [-0.2, 0) is 14.6 Å². The summed E-state index contributed by atoms with van der Waals surface area (Å²) in [6.45, 7) is 1.86. The molecule has 0 aliphatic carbocycles. The van der Waals surface area contributed by atoms with Crippen LogP contribution in [0.15, 0.2) is 52.4 Å². The molecule has 0 radical (unpaired) electrons. The summed E-state index contributed by atoms with van der Waals surface area (Å²) in [6.07, 6.45) is 0.153. The minimum absolute atomic E-state index is 0.0931. The maximum Gasteiger partial charge on any atom is 0.287 e. The number of rotatable bonds is 4. The van der Waals surface area contributed by atoms with E-state index in [1.165, 1.54) is 30.3 Å². The zero-order valence-corrected chi connectivity index (χ0v) is 14.6. The fraction of sp³-hybridized carbons (Fsp3) is 0.188. The van der Waals surface area contributed by atoms with Crippen LogP contribution in [0.3, 0.4) is 0 Å². The number of aryl methyl sites for hydroxylation is 1. The van der Waals surface area contributed by atoms with Crippen molar-refractivity contribution in [2.75, 3.05) is 0 Å². The first-order valence-electron chi connectivity index (χ1n) is 7.22. The Kier molecular flexibility index (Phi) is 4.49. The number of sulfone groups is 1. The second-order valence-electron chi connectivity index (χ2n) is 5.53. The molecule has 0 saturated carbocycles. The lowest BCUT2D eigenvalue weighted by Crippen LogP contribution is -2.24. The van der Waals surface area contributed by atoms with Crippen molar-refractivity contribution in [3.63, 3.8) is 0 Å². The molecule has 0 spiro atoms. The molecule has 1 aliphatic rings. The zero-order valence-electron chi connectivity index (χ0n) is 13.0. The molecule has 0 N–H and O–H groups in total. The predicted octanol–water partition coefficient (Wildman–Crippen LogP) is 3.46. The molecule has 25 heavy (non-hydrogen) atoms. The van der Waals surface area contributed by atoms with E-state index >= 15 is 0 Å². The van der Waals surface area contributed by atoms with Gasteiger partial charge in [0.05, 0.1) is 9.82 Å². The number of aliphatic imine (C=N–C) groups is 1. The second-order valence-corrected chi connectivity index (χ2v) is 7.98. The SMILES string of the molecule is Cc1ccc(S(=O)(=O)[C@H]2N=CO[C@@H]2c2ccc([N+](=O)[O-])c(Cl)c2)cc1. The normalized spacial score (nSPS) is 19.6. The number of hydrogen-bond acceptors (Lipinski definition) is 6. The third kappa shape index (κ3) is 3.22. The number of benzene rings is 2. The van der Waals surface area contributed by atoms with E-state index in [1.807, 2.05) is 6.92 Å². The minimum atomic E-state index is -3.79. The van der Waals surface area contributed by atoms with Crippen molar-refractivity contribution >= 4 is 33.5 Å². The first-order chi connectivity index (χ1) is 11.8. The minimum Gasteiger partial charge on any atom is -0.472 e. The van der Waals surface area contributed by atoms with Gasteiger partial charge in [0.15, 0.2) is 17.9 Å². The lowest BCUT2D eigenvalue weighted by Gasteiger charge is -2.18. The Bertz CT molecular complexity index is 957. The Morgan fingerprint density at radius 1 is 1.20 bits per heavy atom. The lowest BCUT2D eigenvalue weighted by molar-refractivity contribution is -0.384. The highest BCUT2D eigenvalue weighted by Gasteiger charge is 2.40. The summed E-state index contributed by atoms with van der Waals surface area (Å²) < 4.78 is 31.0. The van der Waals surface area contributed by atoms with Crippen molar-refractivity contribution in [1.29, 1.82) is 0 Å². The molecule has 2 atom stereocenters. The molecule has 130 valence electrons. The molecule has 3 rings (SSSR count). The standard InChI is InChI=1S/C16H13ClN2O5S/c1-10-2-5-12(6-3-10)25(22,23)16-15(24-9-18-16)11-4-7-14(19(20)21)13(17)8-11/h2-9,15-16H,1H3/t15-,16-/m1/s1. The number of hydrogen-bond donors (Lipinski definition) is 0. The van der Waals surface area contributed by atoms with Crippen LogP contribution in [0.1, 0.15) is 17.2 Å². The third-order valence-corrected chi connectivity index (χ3v) is 6.08. The summed E-state index contributed by atoms with van der Waals surface area (Å²) in [5.41, 5.74) is 1.07. The highest BCUT2D eigenvalue weighted by Crippen LogP contribution is 2.36. The van der Waals surface area contributed by atoms with Crippen molar-refractivity contribution in [3.8, 4) is 0 Å². The van der Waals surface area contributed by atoms with Crippen molar-refractivity contribution in [2.45, 2.75) is 23.3 Å². The van der Waals surface area contributed by atoms with Crippen LogP contribution in [0, 0.1) is 17.0 Å². The molecule has 1 heterocycles. The van der Waals surface area contributed by atoms with Gasteiger partial charge < -0.3 is 4.74 Å². The van der Waals surface area contributed by atoms with Gasteiger partial charge in [-0.2, -0.15) is 0 Å². The average molecular weight is 381 g/mol. The van der Waals surface area contributed by atoms with E-state index in [-0.39, 0.29) is 15.6 Å². The van der Waals surface area contributed by atoms with Crippen molar-refractivity contribution < 1.29 is 18.1 Å². The molecule has 0 aromatic heterocycles. The maximum atomic E-state index is 12.9. The van der Waals surface area contributed by atoms with Crippen LogP contribution < -0.4 is 0 Å². The van der Waals surface area contributed by atoms with E-state index < -0.39 is 26.2 Å². The van der Waals surface area contributed by atoms with Crippen LogP contribution >= 0.6 is 11.6 Å². The molecule has 2 aromatic carbocycles. The molecule has 0 saturated heterocycles. The Morgan fingerprint density at radius 2 is 1.88 bits per heavy atom. The summed E-state index contributed by atoms with van der Waals surface area (Å²) in [7, 11) is -3.79. The van der Waals surface area contributed by atoms with E-state index in [0.717, 1.165) is 12.0 Å². The van der Waals surface area contributed by atoms with Crippen molar-refractivity contribution in [1.82, 2.24) is 0 Å². The van der Waals surface area contributed by atoms with Gasteiger partial charge in [0.25, 0.3) is 5.69 Å². The van der Waals surface area contributed by atoms with Gasteiger partial charge in [-0.05, 0) is 36.8 Å². The van der Waals surface area contributed by atoms with Crippen LogP contribution in [-0.4, -0.2) is 25.1 Å². The van der Waals surface area contributed by atoms with Crippen LogP contribution in [0.5, 0.6) is 0 Å². The van der Waals surface area contributed by atoms with Gasteiger partial charge in [0, 0.05) is 6.07 Å². The molecule has 9 heteroatoms. The van der Waals surface area contributed by atoms with Crippen molar-refractivity contribution in [2.24, 2.45) is 4.99 Å². The Hall–Kier alpha value is -2.45. The monoisotopic (exact) mass is 380 g/mol. The zero-order chi connectivity index (χ0) is 18.2. The van der Waals surface area contributed by atoms with E-state index in [4.69, 9.17) is 16.3 Å². The summed E-state index contributed by atoms with van der Waals surface area (Å²) in [5.74, 6) is 0. The van der Waals surface area contributed by atoms with Gasteiger partial charge in [0.1, 0.15) is 5.02 Å². The number of nitrogens with zero attached hydrogens (tertiary/aromatic N) is 2. The quantitative estimate of drug-likeness (QED) is 0.597. The number of ether oxygens (including phenoxy) is 1. The topological polar surface area (TPSA) is 98.9 Å². The van der Waals surface area contributed by atoms with E-state index in [9.17, 15) is 18.5 Å². The first kappa shape index (κ1) is 17.4. The van der Waals surface area contributed by atoms with Crippen LogP contribution in [0.2, 0.25) is 5.02 Å². The fourth-order valence-corrected chi connectivity index (χ4v) is 4.32. The molecule has 2 aromatic rings. The first-order valence-corrected chi connectivity index (χ1v) is 9.14. The summed E-state index contributed by atoms with van der Waals surface area (Å²) >= 11 is 5.91. The Morgan fingerprint density at radius 3 is 2.48 bits per heavy atom. The van der Waals surface area contributed by atoms with Gasteiger partial charge in [-0.15, -0.1) is 0 Å². The molecule has 1 aliphatic heterocycles. The molecule has 0 unspecified atom stereocenters. The summed E-state index contributed by atoms with van der Waals surface area (Å²) in [5, 5.41) is 9.58. The predicted molar refractivity (Wildman–Crippen MR) is 92.6 cm³/mol. The van der Waals surface area contributed by atoms with Gasteiger partial charge >= 0.3 is 0 Å². The fourth-order valence-electron chi connectivity index (χ4n) is 2.51. The molecule has 0 fully saturated rings. The largest absolute Gasteiger partial charge is 0.472 e. The van der Waals surface area contributed by atoms with Gasteiger partial charge in [-0.1, -0.05) is 29.3 Å². The Balaban J connectivity index is 1.97. The number of halogens is 1. The second kappa shape index (κ2) is 6.45. The molecule has 0 amide bonds. The molecular formula is C16H13ClN2O5S. The van der Waals surface area contributed by atoms with Crippen LogP contribution in [0.25, 0.3) is 0 Å². The van der Waals surface area contributed by atoms with Gasteiger partial charge in [0.2, 0.25) is 9.84 Å². The highest BCUT2D eigenvalue weighted by atomic mass is 35.5.